The van der Waals surface area contributed by atoms with Crippen molar-refractivity contribution in [3.8, 4) is 28.7 Å². The van der Waals surface area contributed by atoms with Gasteiger partial charge in [0.15, 0.2) is 0 Å². The van der Waals surface area contributed by atoms with Crippen LogP contribution < -0.4 is 4.74 Å². The summed E-state index contributed by atoms with van der Waals surface area (Å²) in [5.41, 5.74) is 2.00. The summed E-state index contributed by atoms with van der Waals surface area (Å²) in [5.74, 6) is 0.730. The van der Waals surface area contributed by atoms with Crippen LogP contribution in [0.5, 0.6) is 11.5 Å². The fraction of sp³-hybridized carbons (Fsp3) is 0.0714. The van der Waals surface area contributed by atoms with Gasteiger partial charge >= 0.3 is 0 Å². The summed E-state index contributed by atoms with van der Waals surface area (Å²) in [6.07, 6.45) is 0. The molecule has 0 spiro atoms. The first-order chi connectivity index (χ1) is 8.26. The minimum absolute atomic E-state index is 0.00820. The lowest BCUT2D eigenvalue weighted by Gasteiger charge is -2.08. The number of nitrogens with zero attached hydrogens (tertiary/aromatic N) is 1. The maximum absolute atomic E-state index is 9.45. The van der Waals surface area contributed by atoms with Gasteiger partial charge in [0.1, 0.15) is 17.6 Å². The molecule has 1 N–H and O–H groups in total. The monoisotopic (exact) mass is 225 g/mol. The van der Waals surface area contributed by atoms with Gasteiger partial charge in [0, 0.05) is 5.56 Å². The van der Waals surface area contributed by atoms with E-state index in [0.29, 0.717) is 0 Å². The van der Waals surface area contributed by atoms with Crippen molar-refractivity contribution >= 4 is 0 Å². The highest BCUT2D eigenvalue weighted by Crippen LogP contribution is 2.31. The van der Waals surface area contributed by atoms with Gasteiger partial charge in [-0.15, -0.1) is 0 Å². The molecule has 2 rings (SSSR count). The van der Waals surface area contributed by atoms with Crippen LogP contribution in [0, 0.1) is 11.3 Å². The Morgan fingerprint density at radius 2 is 1.94 bits per heavy atom. The van der Waals surface area contributed by atoms with Crippen LogP contribution in [-0.4, -0.2) is 12.2 Å². The molecule has 3 heteroatoms. The molecule has 84 valence electrons. The van der Waals surface area contributed by atoms with Crippen LogP contribution >= 0.6 is 0 Å². The van der Waals surface area contributed by atoms with E-state index in [-0.39, 0.29) is 11.3 Å². The molecule has 2 aromatic carbocycles. The fourth-order valence-electron chi connectivity index (χ4n) is 1.68. The van der Waals surface area contributed by atoms with Gasteiger partial charge in [0.25, 0.3) is 0 Å². The van der Waals surface area contributed by atoms with E-state index in [1.165, 1.54) is 6.07 Å². The maximum atomic E-state index is 9.45. The van der Waals surface area contributed by atoms with Crippen LogP contribution in [0.15, 0.2) is 42.5 Å². The van der Waals surface area contributed by atoms with E-state index in [1.54, 1.807) is 19.2 Å². The average molecular weight is 225 g/mol. The van der Waals surface area contributed by atoms with Crippen molar-refractivity contribution in [1.82, 2.24) is 0 Å². The van der Waals surface area contributed by atoms with E-state index < -0.39 is 0 Å². The van der Waals surface area contributed by atoms with Crippen LogP contribution in [0.2, 0.25) is 0 Å². The van der Waals surface area contributed by atoms with Crippen LogP contribution in [0.3, 0.4) is 0 Å². The number of ether oxygens (including phenoxy) is 1. The highest BCUT2D eigenvalue weighted by Gasteiger charge is 2.07. The minimum atomic E-state index is -0.00820. The lowest BCUT2D eigenvalue weighted by atomic mass is 10.0. The van der Waals surface area contributed by atoms with Crippen molar-refractivity contribution in [2.45, 2.75) is 0 Å². The van der Waals surface area contributed by atoms with Crippen molar-refractivity contribution < 1.29 is 9.84 Å². The molecule has 17 heavy (non-hydrogen) atoms. The zero-order chi connectivity index (χ0) is 12.3. The fourth-order valence-corrected chi connectivity index (χ4v) is 1.68. The Morgan fingerprint density at radius 1 is 1.18 bits per heavy atom. The molecule has 0 saturated heterocycles. The molecule has 0 amide bonds. The van der Waals surface area contributed by atoms with Crippen molar-refractivity contribution in [2.24, 2.45) is 0 Å². The highest BCUT2D eigenvalue weighted by molar-refractivity contribution is 5.72. The van der Waals surface area contributed by atoms with E-state index in [9.17, 15) is 5.11 Å². The van der Waals surface area contributed by atoms with Gasteiger partial charge < -0.3 is 9.84 Å². The Morgan fingerprint density at radius 3 is 2.65 bits per heavy atom. The number of methoxy groups -OCH3 is 1. The molecule has 0 atom stereocenters. The first-order valence-electron chi connectivity index (χ1n) is 5.12. The van der Waals surface area contributed by atoms with Crippen LogP contribution in [-0.2, 0) is 0 Å². The second kappa shape index (κ2) is 4.58. The molecule has 0 aliphatic rings. The molecular weight excluding hydrogens is 214 g/mol. The van der Waals surface area contributed by atoms with Gasteiger partial charge in [-0.2, -0.15) is 5.26 Å². The second-order valence-electron chi connectivity index (χ2n) is 3.54. The first-order valence-corrected chi connectivity index (χ1v) is 5.12. The number of phenols is 1. The van der Waals surface area contributed by atoms with Gasteiger partial charge in [0.2, 0.25) is 0 Å². The molecule has 0 radical (unpaired) electrons. The lowest BCUT2D eigenvalue weighted by molar-refractivity contribution is 0.416. The Hall–Kier alpha value is -2.47. The third kappa shape index (κ3) is 2.06. The highest BCUT2D eigenvalue weighted by atomic mass is 16.5. The zero-order valence-corrected chi connectivity index (χ0v) is 9.34. The summed E-state index contributed by atoms with van der Waals surface area (Å²) in [5, 5.41) is 18.3. The van der Waals surface area contributed by atoms with Gasteiger partial charge in [-0.1, -0.05) is 24.3 Å². The molecule has 3 nitrogen and oxygen atoms in total. The molecule has 0 bridgehead atoms. The molecule has 0 heterocycles. The molecule has 0 aliphatic heterocycles. The molecule has 2 aromatic rings. The van der Waals surface area contributed by atoms with E-state index >= 15 is 0 Å². The van der Waals surface area contributed by atoms with Gasteiger partial charge in [0.05, 0.1) is 12.7 Å². The summed E-state index contributed by atoms with van der Waals surface area (Å²) in [7, 11) is 1.60. The van der Waals surface area contributed by atoms with Gasteiger partial charge in [-0.05, 0) is 23.8 Å². The number of benzene rings is 2. The third-order valence-corrected chi connectivity index (χ3v) is 2.53. The number of aromatic hydroxyl groups is 1. The largest absolute Gasteiger partial charge is 0.507 e. The number of hydrogen-bond donors (Lipinski definition) is 1. The molecule has 0 fully saturated rings. The summed E-state index contributed by atoms with van der Waals surface area (Å²) in [6, 6.07) is 14.4. The number of hydrogen-bond acceptors (Lipinski definition) is 3. The first kappa shape index (κ1) is 11.0. The molecule has 0 aromatic heterocycles. The lowest BCUT2D eigenvalue weighted by Crippen LogP contribution is -1.88. The molecule has 0 saturated carbocycles. The number of rotatable bonds is 2. The summed E-state index contributed by atoms with van der Waals surface area (Å²) < 4.78 is 5.26. The van der Waals surface area contributed by atoms with Crippen molar-refractivity contribution in [3.05, 3.63) is 48.0 Å². The topological polar surface area (TPSA) is 53.2 Å². The van der Waals surface area contributed by atoms with Gasteiger partial charge in [-0.3, -0.25) is 0 Å². The molecular formula is C14H11NO2. The van der Waals surface area contributed by atoms with E-state index in [1.807, 2.05) is 30.3 Å². The van der Waals surface area contributed by atoms with Crippen LogP contribution in [0.1, 0.15) is 5.56 Å². The van der Waals surface area contributed by atoms with Crippen molar-refractivity contribution in [3.63, 3.8) is 0 Å². The second-order valence-corrected chi connectivity index (χ2v) is 3.54. The number of nitriles is 1. The smallest absolute Gasteiger partial charge is 0.133 e. The summed E-state index contributed by atoms with van der Waals surface area (Å²) in [4.78, 5) is 0. The molecule has 0 unspecified atom stereocenters. The Bertz CT molecular complexity index is 585. The Labute approximate surface area is 99.5 Å². The van der Waals surface area contributed by atoms with Crippen molar-refractivity contribution in [1.29, 1.82) is 5.26 Å². The predicted molar refractivity (Wildman–Crippen MR) is 64.8 cm³/mol. The average Bonchev–Trinajstić information content (AvgIpc) is 2.39. The quantitative estimate of drug-likeness (QED) is 0.854. The van der Waals surface area contributed by atoms with E-state index in [0.717, 1.165) is 16.9 Å². The van der Waals surface area contributed by atoms with Crippen molar-refractivity contribution in [2.75, 3.05) is 7.11 Å². The number of phenolic OH excluding ortho intramolecular Hbond substituents is 1. The Kier molecular flexibility index (Phi) is 2.97. The number of para-hydroxylation sites is 1. The molecule has 0 aliphatic carbocycles. The van der Waals surface area contributed by atoms with Gasteiger partial charge in [-0.25, -0.2) is 0 Å². The van der Waals surface area contributed by atoms with Crippen LogP contribution in [0.25, 0.3) is 11.1 Å². The normalized spacial score (nSPS) is 9.65. The maximum Gasteiger partial charge on any atom is 0.133 e. The standard InChI is InChI=1S/C14H11NO2/c1-17-14-5-3-2-4-12(14)10-6-7-13(16)11(8-10)9-15/h2-8,16H,1H3. The Balaban J connectivity index is 2.58. The SMILES string of the molecule is COc1ccccc1-c1ccc(O)c(C#N)c1. The summed E-state index contributed by atoms with van der Waals surface area (Å²) in [6.45, 7) is 0. The summed E-state index contributed by atoms with van der Waals surface area (Å²) >= 11 is 0. The van der Waals surface area contributed by atoms with Crippen LogP contribution in [0.4, 0.5) is 0 Å². The van der Waals surface area contributed by atoms with E-state index in [4.69, 9.17) is 10.00 Å². The zero-order valence-electron chi connectivity index (χ0n) is 9.34. The predicted octanol–water partition coefficient (Wildman–Crippen LogP) is 2.94. The van der Waals surface area contributed by atoms with E-state index in [2.05, 4.69) is 0 Å². The minimum Gasteiger partial charge on any atom is -0.507 e. The third-order valence-electron chi connectivity index (χ3n) is 2.53.